The summed E-state index contributed by atoms with van der Waals surface area (Å²) in [5.74, 6) is 1.26. The molecule has 4 nitrogen and oxygen atoms in total. The smallest absolute Gasteiger partial charge is 0.228 e. The monoisotopic (exact) mass is 326 g/mol. The molecular weight excluding hydrogens is 300 g/mol. The van der Waals surface area contributed by atoms with Crippen molar-refractivity contribution in [2.45, 2.75) is 51.0 Å². The Kier molecular flexibility index (Phi) is 3.99. The summed E-state index contributed by atoms with van der Waals surface area (Å²) < 4.78 is 2.08. The fourth-order valence-corrected chi connectivity index (χ4v) is 4.75. The van der Waals surface area contributed by atoms with Gasteiger partial charge in [0, 0.05) is 36.2 Å². The van der Waals surface area contributed by atoms with Crippen LogP contribution < -0.4 is 0 Å². The van der Waals surface area contributed by atoms with Crippen LogP contribution in [-0.2, 0) is 18.3 Å². The first kappa shape index (κ1) is 15.6. The molecule has 2 aliphatic rings. The van der Waals surface area contributed by atoms with E-state index in [4.69, 9.17) is 0 Å². The molecule has 1 aliphatic carbocycles. The number of piperidine rings is 1. The van der Waals surface area contributed by atoms with Crippen molar-refractivity contribution in [3.05, 3.63) is 30.0 Å². The van der Waals surface area contributed by atoms with Crippen LogP contribution in [0.4, 0.5) is 0 Å². The second-order valence-corrected chi connectivity index (χ2v) is 7.46. The Bertz CT molecular complexity index is 762. The van der Waals surface area contributed by atoms with Gasteiger partial charge in [-0.15, -0.1) is 0 Å². The molecule has 2 heterocycles. The first-order valence-corrected chi connectivity index (χ1v) is 9.20. The Morgan fingerprint density at radius 1 is 1.17 bits per heavy atom. The van der Waals surface area contributed by atoms with Crippen LogP contribution in [0.25, 0.3) is 10.9 Å². The highest BCUT2D eigenvalue weighted by Crippen LogP contribution is 2.35. The molecule has 128 valence electrons. The highest BCUT2D eigenvalue weighted by atomic mass is 16.3. The summed E-state index contributed by atoms with van der Waals surface area (Å²) in [7, 11) is 2.00. The van der Waals surface area contributed by atoms with Crippen molar-refractivity contribution in [1.29, 1.82) is 0 Å². The van der Waals surface area contributed by atoms with Gasteiger partial charge in [0.1, 0.15) is 5.75 Å². The SMILES string of the molecule is Cn1c(CC(=O)N2CCCC3CCCCC32)cc2cc(O)ccc21. The number of amides is 1. The third-order valence-electron chi connectivity index (χ3n) is 6.02. The minimum Gasteiger partial charge on any atom is -0.508 e. The molecule has 1 saturated heterocycles. The molecule has 0 spiro atoms. The van der Waals surface area contributed by atoms with Gasteiger partial charge < -0.3 is 14.6 Å². The molecule has 0 radical (unpaired) electrons. The number of likely N-dealkylation sites (tertiary alicyclic amines) is 1. The Hall–Kier alpha value is -1.97. The topological polar surface area (TPSA) is 45.5 Å². The lowest BCUT2D eigenvalue weighted by Crippen LogP contribution is -2.50. The largest absolute Gasteiger partial charge is 0.508 e. The van der Waals surface area contributed by atoms with Crippen LogP contribution in [0.1, 0.15) is 44.2 Å². The Balaban J connectivity index is 1.56. The van der Waals surface area contributed by atoms with Crippen molar-refractivity contribution in [3.63, 3.8) is 0 Å². The minimum absolute atomic E-state index is 0.265. The van der Waals surface area contributed by atoms with Crippen LogP contribution in [0.2, 0.25) is 0 Å². The molecule has 0 bridgehead atoms. The van der Waals surface area contributed by atoms with E-state index in [1.54, 1.807) is 12.1 Å². The molecule has 4 heteroatoms. The van der Waals surface area contributed by atoms with Crippen LogP contribution in [0.15, 0.2) is 24.3 Å². The van der Waals surface area contributed by atoms with Crippen molar-refractivity contribution < 1.29 is 9.90 Å². The number of nitrogens with zero attached hydrogens (tertiary/aromatic N) is 2. The molecule has 24 heavy (non-hydrogen) atoms. The van der Waals surface area contributed by atoms with E-state index in [0.29, 0.717) is 12.5 Å². The van der Waals surface area contributed by atoms with E-state index in [9.17, 15) is 9.90 Å². The van der Waals surface area contributed by atoms with Crippen molar-refractivity contribution in [3.8, 4) is 5.75 Å². The Morgan fingerprint density at radius 2 is 1.96 bits per heavy atom. The van der Waals surface area contributed by atoms with E-state index < -0.39 is 0 Å². The van der Waals surface area contributed by atoms with Crippen LogP contribution in [-0.4, -0.2) is 33.1 Å². The summed E-state index contributed by atoms with van der Waals surface area (Å²) in [6.45, 7) is 0.921. The van der Waals surface area contributed by atoms with E-state index in [1.807, 2.05) is 19.2 Å². The fraction of sp³-hybridized carbons (Fsp3) is 0.550. The summed E-state index contributed by atoms with van der Waals surface area (Å²) in [4.78, 5) is 15.2. The molecule has 1 aromatic carbocycles. The van der Waals surface area contributed by atoms with E-state index in [1.165, 1.54) is 32.1 Å². The first-order valence-electron chi connectivity index (χ1n) is 9.20. The number of carbonyl (C=O) groups is 1. The predicted octanol–water partition coefficient (Wildman–Crippen LogP) is 3.61. The molecule has 2 atom stereocenters. The second-order valence-electron chi connectivity index (χ2n) is 7.46. The van der Waals surface area contributed by atoms with Crippen molar-refractivity contribution in [2.24, 2.45) is 13.0 Å². The van der Waals surface area contributed by atoms with Crippen molar-refractivity contribution in [2.75, 3.05) is 6.54 Å². The standard InChI is InChI=1S/C20H26N2O2/c1-21-16(11-15-12-17(23)8-9-18(15)21)13-20(24)22-10-4-6-14-5-2-3-7-19(14)22/h8-9,11-12,14,19,23H,2-7,10,13H2,1H3. The maximum absolute atomic E-state index is 13.0. The normalized spacial score (nSPS) is 24.1. The quantitative estimate of drug-likeness (QED) is 0.916. The van der Waals surface area contributed by atoms with E-state index in [0.717, 1.165) is 35.5 Å². The zero-order valence-corrected chi connectivity index (χ0v) is 14.4. The molecule has 2 unspecified atom stereocenters. The van der Waals surface area contributed by atoms with Gasteiger partial charge in [-0.3, -0.25) is 4.79 Å². The molecule has 1 N–H and O–H groups in total. The summed E-state index contributed by atoms with van der Waals surface area (Å²) >= 11 is 0. The number of phenols is 1. The van der Waals surface area contributed by atoms with Crippen molar-refractivity contribution in [1.82, 2.24) is 9.47 Å². The average molecular weight is 326 g/mol. The summed E-state index contributed by atoms with van der Waals surface area (Å²) in [6, 6.07) is 7.89. The lowest BCUT2D eigenvalue weighted by Gasteiger charge is -2.44. The van der Waals surface area contributed by atoms with Gasteiger partial charge in [0.15, 0.2) is 0 Å². The zero-order valence-electron chi connectivity index (χ0n) is 14.4. The van der Waals surface area contributed by atoms with Crippen molar-refractivity contribution >= 4 is 16.8 Å². The molecule has 1 aliphatic heterocycles. The van der Waals surface area contributed by atoms with Gasteiger partial charge in [0.2, 0.25) is 5.91 Å². The first-order chi connectivity index (χ1) is 11.6. The number of aryl methyl sites for hydroxylation is 1. The second kappa shape index (κ2) is 6.15. The molecule has 1 aromatic heterocycles. The molecule has 4 rings (SSSR count). The number of rotatable bonds is 2. The highest BCUT2D eigenvalue weighted by molar-refractivity contribution is 5.86. The minimum atomic E-state index is 0.265. The number of hydrogen-bond acceptors (Lipinski definition) is 2. The Labute approximate surface area is 143 Å². The number of fused-ring (bicyclic) bond motifs is 2. The van der Waals surface area contributed by atoms with Gasteiger partial charge in [-0.2, -0.15) is 0 Å². The average Bonchev–Trinajstić information content (AvgIpc) is 2.89. The number of phenolic OH excluding ortho intramolecular Hbond substituents is 1. The van der Waals surface area contributed by atoms with Crippen LogP contribution in [0.3, 0.4) is 0 Å². The van der Waals surface area contributed by atoms with Crippen LogP contribution >= 0.6 is 0 Å². The number of aromatic hydroxyl groups is 1. The lowest BCUT2D eigenvalue weighted by molar-refractivity contribution is -0.136. The maximum atomic E-state index is 13.0. The summed E-state index contributed by atoms with van der Waals surface area (Å²) in [6.07, 6.45) is 7.96. The number of benzene rings is 1. The number of hydrogen-bond donors (Lipinski definition) is 1. The lowest BCUT2D eigenvalue weighted by atomic mass is 9.78. The highest BCUT2D eigenvalue weighted by Gasteiger charge is 2.35. The molecule has 2 aromatic rings. The van der Waals surface area contributed by atoms with Gasteiger partial charge in [-0.05, 0) is 55.9 Å². The molecule has 1 saturated carbocycles. The van der Waals surface area contributed by atoms with E-state index >= 15 is 0 Å². The van der Waals surface area contributed by atoms with Gasteiger partial charge in [0.05, 0.1) is 6.42 Å². The maximum Gasteiger partial charge on any atom is 0.228 e. The zero-order chi connectivity index (χ0) is 16.7. The summed E-state index contributed by atoms with van der Waals surface area (Å²) in [5, 5.41) is 10.7. The van der Waals surface area contributed by atoms with Gasteiger partial charge in [-0.25, -0.2) is 0 Å². The van der Waals surface area contributed by atoms with E-state index in [2.05, 4.69) is 9.47 Å². The predicted molar refractivity (Wildman–Crippen MR) is 95.0 cm³/mol. The third kappa shape index (κ3) is 2.68. The molecule has 1 amide bonds. The van der Waals surface area contributed by atoms with Crippen LogP contribution in [0.5, 0.6) is 5.75 Å². The van der Waals surface area contributed by atoms with Gasteiger partial charge >= 0.3 is 0 Å². The van der Waals surface area contributed by atoms with Crippen LogP contribution in [0, 0.1) is 5.92 Å². The fourth-order valence-electron chi connectivity index (χ4n) is 4.75. The van der Waals surface area contributed by atoms with Gasteiger partial charge in [0.25, 0.3) is 0 Å². The molecule has 2 fully saturated rings. The summed E-state index contributed by atoms with van der Waals surface area (Å²) in [5.41, 5.74) is 2.09. The number of carbonyl (C=O) groups excluding carboxylic acids is 1. The van der Waals surface area contributed by atoms with Gasteiger partial charge in [-0.1, -0.05) is 12.8 Å². The third-order valence-corrected chi connectivity index (χ3v) is 6.02. The number of aromatic nitrogens is 1. The molecular formula is C20H26N2O2. The Morgan fingerprint density at radius 3 is 2.83 bits per heavy atom. The van der Waals surface area contributed by atoms with E-state index in [-0.39, 0.29) is 11.7 Å².